The molecule has 0 aromatic heterocycles. The predicted octanol–water partition coefficient (Wildman–Crippen LogP) is 0.861. The molecule has 3 nitrogen and oxygen atoms in total. The maximum Gasteiger partial charge on any atom is 0.175 e. The average molecular weight is 222 g/mol. The topological polar surface area (TPSA) is 54.4 Å². The van der Waals surface area contributed by atoms with E-state index in [9.17, 15) is 17.2 Å². The highest BCUT2D eigenvalue weighted by Gasteiger charge is 2.15. The molecular weight excluding hydrogens is 214 g/mol. The fraction of sp³-hybridized carbons (Fsp3) is 0.250. The van der Waals surface area contributed by atoms with Crippen molar-refractivity contribution in [3.8, 4) is 0 Å². The van der Waals surface area contributed by atoms with E-state index in [0.717, 1.165) is 12.3 Å². The summed E-state index contributed by atoms with van der Waals surface area (Å²) >= 11 is 0. The summed E-state index contributed by atoms with van der Waals surface area (Å²) in [5, 5.41) is 8.63. The van der Waals surface area contributed by atoms with E-state index < -0.39 is 28.1 Å². The lowest BCUT2D eigenvalue weighted by Gasteiger charge is -2.03. The lowest BCUT2D eigenvalue weighted by atomic mass is 10.2. The maximum atomic E-state index is 12.8. The van der Waals surface area contributed by atoms with Gasteiger partial charge in [-0.2, -0.15) is 0 Å². The Bertz CT molecular complexity index is 454. The van der Waals surface area contributed by atoms with Gasteiger partial charge in [0, 0.05) is 11.8 Å². The molecule has 0 bridgehead atoms. The monoisotopic (exact) mass is 222 g/mol. The lowest BCUT2D eigenvalue weighted by molar-refractivity contribution is 0.273. The summed E-state index contributed by atoms with van der Waals surface area (Å²) in [6, 6.07) is 1.50. The summed E-state index contributed by atoms with van der Waals surface area (Å²) < 4.78 is 47.6. The minimum absolute atomic E-state index is 0.347. The first-order valence-corrected chi connectivity index (χ1v) is 5.54. The number of aliphatic hydroxyl groups excluding tert-OH is 1. The standard InChI is InChI=1S/C8H8F2O3S/c1-14(12,13)6-2-5(4-11)8(10)7(9)3-6/h2-3,11H,4H2,1H3. The smallest absolute Gasteiger partial charge is 0.175 e. The number of sulfone groups is 1. The van der Waals surface area contributed by atoms with Gasteiger partial charge in [-0.05, 0) is 12.1 Å². The molecule has 0 amide bonds. The molecule has 1 rings (SSSR count). The second kappa shape index (κ2) is 3.62. The van der Waals surface area contributed by atoms with Gasteiger partial charge in [0.05, 0.1) is 11.5 Å². The minimum Gasteiger partial charge on any atom is -0.392 e. The van der Waals surface area contributed by atoms with Crippen molar-refractivity contribution < 1.29 is 22.3 Å². The highest BCUT2D eigenvalue weighted by Crippen LogP contribution is 2.18. The molecule has 1 aromatic carbocycles. The summed E-state index contributed by atoms with van der Waals surface area (Å²) in [5.41, 5.74) is -0.370. The number of benzene rings is 1. The van der Waals surface area contributed by atoms with E-state index in [4.69, 9.17) is 5.11 Å². The first-order chi connectivity index (χ1) is 6.36. The minimum atomic E-state index is -3.59. The van der Waals surface area contributed by atoms with Crippen LogP contribution in [0.5, 0.6) is 0 Å². The van der Waals surface area contributed by atoms with Gasteiger partial charge in [0.2, 0.25) is 0 Å². The summed E-state index contributed by atoms with van der Waals surface area (Å²) in [7, 11) is -3.59. The Labute approximate surface area is 79.9 Å². The van der Waals surface area contributed by atoms with Crippen molar-refractivity contribution in [3.63, 3.8) is 0 Å². The van der Waals surface area contributed by atoms with E-state index in [1.165, 1.54) is 0 Å². The number of aliphatic hydroxyl groups is 1. The number of halogens is 2. The van der Waals surface area contributed by atoms with Crippen LogP contribution in [-0.2, 0) is 16.4 Å². The Hall–Kier alpha value is -1.01. The Kier molecular flexibility index (Phi) is 2.86. The summed E-state index contributed by atoms with van der Waals surface area (Å²) in [6.07, 6.45) is 0.876. The molecule has 0 fully saturated rings. The van der Waals surface area contributed by atoms with Gasteiger partial charge >= 0.3 is 0 Å². The third kappa shape index (κ3) is 2.08. The second-order valence-corrected chi connectivity index (χ2v) is 4.82. The molecule has 78 valence electrons. The SMILES string of the molecule is CS(=O)(=O)c1cc(F)c(F)c(CO)c1. The second-order valence-electron chi connectivity index (χ2n) is 2.81. The lowest BCUT2D eigenvalue weighted by Crippen LogP contribution is -2.02. The third-order valence-corrected chi connectivity index (χ3v) is 2.77. The zero-order valence-electron chi connectivity index (χ0n) is 7.29. The van der Waals surface area contributed by atoms with Crippen LogP contribution in [0.15, 0.2) is 17.0 Å². The van der Waals surface area contributed by atoms with E-state index in [2.05, 4.69) is 0 Å². The molecule has 6 heteroatoms. The van der Waals surface area contributed by atoms with Crippen LogP contribution in [0.3, 0.4) is 0 Å². The third-order valence-electron chi connectivity index (χ3n) is 1.68. The van der Waals surface area contributed by atoms with Crippen molar-refractivity contribution >= 4 is 9.84 Å². The van der Waals surface area contributed by atoms with Gasteiger partial charge in [0.25, 0.3) is 0 Å². The van der Waals surface area contributed by atoms with Crippen LogP contribution in [0.25, 0.3) is 0 Å². The zero-order valence-corrected chi connectivity index (χ0v) is 8.11. The van der Waals surface area contributed by atoms with E-state index in [1.54, 1.807) is 0 Å². The molecule has 0 radical (unpaired) electrons. The fourth-order valence-electron chi connectivity index (χ4n) is 0.948. The van der Waals surface area contributed by atoms with Crippen LogP contribution in [0.2, 0.25) is 0 Å². The Morgan fingerprint density at radius 3 is 2.36 bits per heavy atom. The molecule has 1 N–H and O–H groups in total. The number of hydrogen-bond acceptors (Lipinski definition) is 3. The highest BCUT2D eigenvalue weighted by molar-refractivity contribution is 7.90. The molecule has 0 spiro atoms. The molecule has 1 aromatic rings. The molecule has 0 saturated carbocycles. The van der Waals surface area contributed by atoms with Gasteiger partial charge in [-0.25, -0.2) is 17.2 Å². The Morgan fingerprint density at radius 1 is 1.36 bits per heavy atom. The van der Waals surface area contributed by atoms with Crippen LogP contribution >= 0.6 is 0 Å². The van der Waals surface area contributed by atoms with Gasteiger partial charge in [0.15, 0.2) is 21.5 Å². The predicted molar refractivity (Wildman–Crippen MR) is 45.4 cm³/mol. The van der Waals surface area contributed by atoms with Gasteiger partial charge in [-0.1, -0.05) is 0 Å². The first kappa shape index (κ1) is 11.1. The molecule has 14 heavy (non-hydrogen) atoms. The van der Waals surface area contributed by atoms with Crippen LogP contribution in [0, 0.1) is 11.6 Å². The van der Waals surface area contributed by atoms with Crippen LogP contribution in [-0.4, -0.2) is 19.8 Å². The van der Waals surface area contributed by atoms with E-state index >= 15 is 0 Å². The van der Waals surface area contributed by atoms with Crippen molar-refractivity contribution in [2.75, 3.05) is 6.26 Å². The molecular formula is C8H8F2O3S. The Morgan fingerprint density at radius 2 is 1.93 bits per heavy atom. The zero-order chi connectivity index (χ0) is 10.9. The van der Waals surface area contributed by atoms with Gasteiger partial charge < -0.3 is 5.11 Å². The molecule has 0 unspecified atom stereocenters. The molecule has 0 heterocycles. The molecule has 0 saturated heterocycles. The van der Waals surface area contributed by atoms with Gasteiger partial charge in [-0.3, -0.25) is 0 Å². The quantitative estimate of drug-likeness (QED) is 0.755. The first-order valence-electron chi connectivity index (χ1n) is 3.65. The van der Waals surface area contributed by atoms with E-state index in [0.29, 0.717) is 6.07 Å². The van der Waals surface area contributed by atoms with Crippen LogP contribution in [0.4, 0.5) is 8.78 Å². The van der Waals surface area contributed by atoms with Crippen molar-refractivity contribution in [1.29, 1.82) is 0 Å². The molecule has 0 aliphatic carbocycles. The summed E-state index contributed by atoms with van der Waals surface area (Å²) in [6.45, 7) is -0.744. The largest absolute Gasteiger partial charge is 0.392 e. The van der Waals surface area contributed by atoms with Crippen LogP contribution in [0.1, 0.15) is 5.56 Å². The van der Waals surface area contributed by atoms with Crippen molar-refractivity contribution in [2.45, 2.75) is 11.5 Å². The summed E-state index contributed by atoms with van der Waals surface area (Å²) in [5.74, 6) is -2.50. The average Bonchev–Trinajstić information content (AvgIpc) is 2.07. The van der Waals surface area contributed by atoms with Gasteiger partial charge in [0.1, 0.15) is 0 Å². The van der Waals surface area contributed by atoms with Crippen molar-refractivity contribution in [3.05, 3.63) is 29.3 Å². The maximum absolute atomic E-state index is 12.8. The molecule has 0 aliphatic heterocycles. The normalized spacial score (nSPS) is 11.7. The van der Waals surface area contributed by atoms with Crippen molar-refractivity contribution in [1.82, 2.24) is 0 Å². The summed E-state index contributed by atoms with van der Waals surface area (Å²) in [4.78, 5) is -0.347. The Balaban J connectivity index is 3.46. The van der Waals surface area contributed by atoms with E-state index in [1.807, 2.05) is 0 Å². The molecule has 0 aliphatic rings. The number of hydrogen-bond donors (Lipinski definition) is 1. The van der Waals surface area contributed by atoms with Gasteiger partial charge in [-0.15, -0.1) is 0 Å². The van der Waals surface area contributed by atoms with Crippen molar-refractivity contribution in [2.24, 2.45) is 0 Å². The molecule has 0 atom stereocenters. The number of rotatable bonds is 2. The fourth-order valence-corrected chi connectivity index (χ4v) is 1.62. The van der Waals surface area contributed by atoms with E-state index in [-0.39, 0.29) is 10.5 Å². The van der Waals surface area contributed by atoms with Crippen LogP contribution < -0.4 is 0 Å². The highest BCUT2D eigenvalue weighted by atomic mass is 32.2.